The monoisotopic (exact) mass is 402 g/mol. The number of sulfonamides is 1. The number of anilines is 2. The van der Waals surface area contributed by atoms with Gasteiger partial charge in [-0.05, 0) is 38.1 Å². The van der Waals surface area contributed by atoms with Gasteiger partial charge in [0.15, 0.2) is 0 Å². The Bertz CT molecular complexity index is 987. The maximum absolute atomic E-state index is 13.1. The Labute approximate surface area is 164 Å². The van der Waals surface area contributed by atoms with Crippen molar-refractivity contribution in [3.8, 4) is 6.07 Å². The summed E-state index contributed by atoms with van der Waals surface area (Å²) in [6.45, 7) is 3.65. The third kappa shape index (κ3) is 4.23. The molecule has 1 atom stereocenters. The van der Waals surface area contributed by atoms with E-state index in [0.717, 1.165) is 6.07 Å². The number of nitriles is 1. The molecule has 0 aromatic heterocycles. The molecule has 8 nitrogen and oxygen atoms in total. The van der Waals surface area contributed by atoms with E-state index in [1.165, 1.54) is 16.4 Å². The summed E-state index contributed by atoms with van der Waals surface area (Å²) in [5.41, 5.74) is 0.420. The molecule has 0 aliphatic carbocycles. The number of rotatable bonds is 8. The molecular weight excluding hydrogens is 380 g/mol. The van der Waals surface area contributed by atoms with Gasteiger partial charge in [-0.1, -0.05) is 18.2 Å². The molecule has 0 bridgehead atoms. The van der Waals surface area contributed by atoms with Crippen LogP contribution >= 0.6 is 0 Å². The van der Waals surface area contributed by atoms with Gasteiger partial charge in [0.25, 0.3) is 15.7 Å². The van der Waals surface area contributed by atoms with E-state index in [1.54, 1.807) is 56.1 Å². The number of hydrogen-bond donors (Lipinski definition) is 0. The van der Waals surface area contributed by atoms with Crippen LogP contribution in [0, 0.1) is 21.4 Å². The first-order valence-electron chi connectivity index (χ1n) is 8.70. The van der Waals surface area contributed by atoms with Crippen molar-refractivity contribution in [1.82, 2.24) is 0 Å². The quantitative estimate of drug-likeness (QED) is 0.494. The first kappa shape index (κ1) is 21.2. The second kappa shape index (κ2) is 8.71. The van der Waals surface area contributed by atoms with E-state index in [-0.39, 0.29) is 35.3 Å². The van der Waals surface area contributed by atoms with Crippen molar-refractivity contribution in [3.63, 3.8) is 0 Å². The van der Waals surface area contributed by atoms with Crippen molar-refractivity contribution in [2.45, 2.75) is 31.2 Å². The summed E-state index contributed by atoms with van der Waals surface area (Å²) in [6, 6.07) is 14.2. The summed E-state index contributed by atoms with van der Waals surface area (Å²) < 4.78 is 27.4. The zero-order chi connectivity index (χ0) is 20.9. The molecule has 2 aromatic rings. The van der Waals surface area contributed by atoms with Crippen molar-refractivity contribution in [2.24, 2.45) is 0 Å². The van der Waals surface area contributed by atoms with Crippen molar-refractivity contribution < 1.29 is 13.3 Å². The van der Waals surface area contributed by atoms with Gasteiger partial charge in [-0.15, -0.1) is 0 Å². The Morgan fingerprint density at radius 1 is 1.21 bits per heavy atom. The molecule has 0 aliphatic heterocycles. The smallest absolute Gasteiger partial charge is 0.293 e. The maximum atomic E-state index is 13.1. The van der Waals surface area contributed by atoms with E-state index in [0.29, 0.717) is 5.69 Å². The van der Waals surface area contributed by atoms with Crippen LogP contribution in [0.3, 0.4) is 0 Å². The second-order valence-electron chi connectivity index (χ2n) is 6.24. The van der Waals surface area contributed by atoms with E-state index in [4.69, 9.17) is 5.26 Å². The minimum atomic E-state index is -3.98. The van der Waals surface area contributed by atoms with E-state index in [1.807, 2.05) is 6.07 Å². The fraction of sp³-hybridized carbons (Fsp3) is 0.316. The molecule has 0 saturated carbocycles. The molecule has 0 amide bonds. The summed E-state index contributed by atoms with van der Waals surface area (Å²) >= 11 is 0. The van der Waals surface area contributed by atoms with E-state index >= 15 is 0 Å². The third-order valence-corrected chi connectivity index (χ3v) is 6.39. The standard InChI is InChI=1S/C19H22N4O4S/c1-4-22(16-8-6-5-7-9-16)28(26,27)17-10-11-18(19(14-17)23(24)25)21(3)15(2)12-13-20/h5-11,14-15H,4,12H2,1-3H3/t15-/m1/s1. The molecule has 0 N–H and O–H groups in total. The molecule has 0 aliphatic rings. The highest BCUT2D eigenvalue weighted by Gasteiger charge is 2.28. The zero-order valence-electron chi connectivity index (χ0n) is 15.9. The largest absolute Gasteiger partial charge is 0.365 e. The first-order chi connectivity index (χ1) is 13.2. The van der Waals surface area contributed by atoms with Gasteiger partial charge < -0.3 is 4.90 Å². The minimum Gasteiger partial charge on any atom is -0.365 e. The molecule has 0 fully saturated rings. The van der Waals surface area contributed by atoms with Gasteiger partial charge in [0, 0.05) is 25.7 Å². The lowest BCUT2D eigenvalue weighted by molar-refractivity contribution is -0.384. The molecule has 9 heteroatoms. The van der Waals surface area contributed by atoms with Crippen molar-refractivity contribution >= 4 is 27.1 Å². The molecule has 2 rings (SSSR count). The number of hydrogen-bond acceptors (Lipinski definition) is 6. The zero-order valence-corrected chi connectivity index (χ0v) is 16.8. The Morgan fingerprint density at radius 3 is 2.39 bits per heavy atom. The van der Waals surface area contributed by atoms with Gasteiger partial charge >= 0.3 is 0 Å². The van der Waals surface area contributed by atoms with Gasteiger partial charge in [0.05, 0.1) is 28.0 Å². The fourth-order valence-corrected chi connectivity index (χ4v) is 4.32. The Balaban J connectivity index is 2.53. The van der Waals surface area contributed by atoms with Crippen LogP contribution in [0.15, 0.2) is 53.4 Å². The van der Waals surface area contributed by atoms with Gasteiger partial charge in [-0.25, -0.2) is 8.42 Å². The molecule has 2 aromatic carbocycles. The van der Waals surface area contributed by atoms with E-state index < -0.39 is 14.9 Å². The molecule has 0 saturated heterocycles. The van der Waals surface area contributed by atoms with Crippen molar-refractivity contribution in [2.75, 3.05) is 22.8 Å². The summed E-state index contributed by atoms with van der Waals surface area (Å²) in [5, 5.41) is 20.5. The average molecular weight is 402 g/mol. The lowest BCUT2D eigenvalue weighted by atomic mass is 10.2. The maximum Gasteiger partial charge on any atom is 0.293 e. The number of para-hydroxylation sites is 1. The summed E-state index contributed by atoms with van der Waals surface area (Å²) in [7, 11) is -2.34. The SMILES string of the molecule is CCN(c1ccccc1)S(=O)(=O)c1ccc(N(C)[C@H](C)CC#N)c([N+](=O)[O-])c1. The Morgan fingerprint density at radius 2 is 1.86 bits per heavy atom. The highest BCUT2D eigenvalue weighted by molar-refractivity contribution is 7.92. The second-order valence-corrected chi connectivity index (χ2v) is 8.10. The van der Waals surface area contributed by atoms with Crippen LogP contribution < -0.4 is 9.21 Å². The summed E-state index contributed by atoms with van der Waals surface area (Å²) in [4.78, 5) is 12.4. The minimum absolute atomic E-state index is 0.157. The average Bonchev–Trinajstić information content (AvgIpc) is 2.68. The van der Waals surface area contributed by atoms with Gasteiger partial charge in [-0.2, -0.15) is 5.26 Å². The number of benzene rings is 2. The molecule has 0 spiro atoms. The Hall–Kier alpha value is -3.12. The summed E-state index contributed by atoms with van der Waals surface area (Å²) in [5.74, 6) is 0. The van der Waals surface area contributed by atoms with Crippen LogP contribution in [0.25, 0.3) is 0 Å². The molecule has 0 unspecified atom stereocenters. The van der Waals surface area contributed by atoms with Crippen LogP contribution in [0.4, 0.5) is 17.1 Å². The molecule has 0 heterocycles. The molecular formula is C19H22N4O4S. The lowest BCUT2D eigenvalue weighted by Gasteiger charge is -2.26. The highest BCUT2D eigenvalue weighted by atomic mass is 32.2. The molecule has 148 valence electrons. The number of nitro benzene ring substituents is 1. The van der Waals surface area contributed by atoms with Gasteiger partial charge in [-0.3, -0.25) is 14.4 Å². The number of nitro groups is 1. The predicted molar refractivity (Wildman–Crippen MR) is 108 cm³/mol. The van der Waals surface area contributed by atoms with Gasteiger partial charge in [0.2, 0.25) is 0 Å². The van der Waals surface area contributed by atoms with Crippen molar-refractivity contribution in [3.05, 3.63) is 58.6 Å². The number of nitrogens with zero attached hydrogens (tertiary/aromatic N) is 4. The van der Waals surface area contributed by atoms with Crippen LogP contribution in [0.2, 0.25) is 0 Å². The van der Waals surface area contributed by atoms with Crippen LogP contribution in [-0.4, -0.2) is 33.0 Å². The van der Waals surface area contributed by atoms with Crippen LogP contribution in [0.5, 0.6) is 0 Å². The third-order valence-electron chi connectivity index (χ3n) is 4.49. The topological polar surface area (TPSA) is 108 Å². The van der Waals surface area contributed by atoms with E-state index in [2.05, 4.69) is 0 Å². The van der Waals surface area contributed by atoms with Crippen LogP contribution in [-0.2, 0) is 10.0 Å². The van der Waals surface area contributed by atoms with Crippen molar-refractivity contribution in [1.29, 1.82) is 5.26 Å². The van der Waals surface area contributed by atoms with Crippen LogP contribution in [0.1, 0.15) is 20.3 Å². The first-order valence-corrected chi connectivity index (χ1v) is 10.1. The predicted octanol–water partition coefficient (Wildman–Crippen LogP) is 3.55. The van der Waals surface area contributed by atoms with E-state index in [9.17, 15) is 18.5 Å². The van der Waals surface area contributed by atoms with Gasteiger partial charge in [0.1, 0.15) is 5.69 Å². The molecule has 0 radical (unpaired) electrons. The highest BCUT2D eigenvalue weighted by Crippen LogP contribution is 2.33. The lowest BCUT2D eigenvalue weighted by Crippen LogP contribution is -2.31. The normalized spacial score (nSPS) is 12.1. The fourth-order valence-electron chi connectivity index (χ4n) is 2.83. The molecule has 28 heavy (non-hydrogen) atoms. The summed E-state index contributed by atoms with van der Waals surface area (Å²) in [6.07, 6.45) is 0.186. The Kier molecular flexibility index (Phi) is 6.59.